The molecular formula is C11H19N5O. The van der Waals surface area contributed by atoms with Crippen molar-refractivity contribution in [2.45, 2.75) is 32.4 Å². The number of nitrogens with two attached hydrogens (primary N) is 1. The van der Waals surface area contributed by atoms with Crippen LogP contribution in [0.3, 0.4) is 0 Å². The summed E-state index contributed by atoms with van der Waals surface area (Å²) in [4.78, 5) is 12.7. The molecule has 0 spiro atoms. The molecule has 0 bridgehead atoms. The van der Waals surface area contributed by atoms with Gasteiger partial charge in [0.1, 0.15) is 0 Å². The Labute approximate surface area is 101 Å². The second-order valence-electron chi connectivity index (χ2n) is 4.50. The first-order valence-corrected chi connectivity index (χ1v) is 5.93. The van der Waals surface area contributed by atoms with Crippen molar-refractivity contribution in [1.82, 2.24) is 20.4 Å². The van der Waals surface area contributed by atoms with E-state index in [0.29, 0.717) is 6.04 Å². The largest absolute Gasteiger partial charge is 0.351 e. The summed E-state index contributed by atoms with van der Waals surface area (Å²) in [7, 11) is 0. The number of nitrogens with one attached hydrogen (secondary N) is 2. The van der Waals surface area contributed by atoms with Gasteiger partial charge in [0.15, 0.2) is 0 Å². The quantitative estimate of drug-likeness (QED) is 0.709. The van der Waals surface area contributed by atoms with Crippen molar-refractivity contribution in [2.24, 2.45) is 5.73 Å². The van der Waals surface area contributed by atoms with Crippen LogP contribution in [0.2, 0.25) is 0 Å². The SMILES string of the molecule is Cc1[nH]ncc1CNC1CCN(C(N)=O)CC1. The Hall–Kier alpha value is -1.56. The fraction of sp³-hybridized carbons (Fsp3) is 0.636. The molecule has 1 aromatic heterocycles. The highest BCUT2D eigenvalue weighted by Gasteiger charge is 2.20. The summed E-state index contributed by atoms with van der Waals surface area (Å²) < 4.78 is 0. The van der Waals surface area contributed by atoms with E-state index in [4.69, 9.17) is 5.73 Å². The van der Waals surface area contributed by atoms with Gasteiger partial charge in [0.05, 0.1) is 6.20 Å². The smallest absolute Gasteiger partial charge is 0.314 e. The highest BCUT2D eigenvalue weighted by Crippen LogP contribution is 2.11. The molecule has 1 aromatic rings. The number of aromatic nitrogens is 2. The first-order chi connectivity index (χ1) is 8.16. The fourth-order valence-electron chi connectivity index (χ4n) is 2.11. The molecule has 17 heavy (non-hydrogen) atoms. The van der Waals surface area contributed by atoms with Crippen molar-refractivity contribution in [1.29, 1.82) is 0 Å². The third-order valence-corrected chi connectivity index (χ3v) is 3.32. The minimum Gasteiger partial charge on any atom is -0.351 e. The van der Waals surface area contributed by atoms with Gasteiger partial charge in [0.2, 0.25) is 0 Å². The molecule has 2 heterocycles. The van der Waals surface area contributed by atoms with Crippen molar-refractivity contribution in [3.8, 4) is 0 Å². The molecule has 2 rings (SSSR count). The molecule has 0 atom stereocenters. The lowest BCUT2D eigenvalue weighted by molar-refractivity contribution is 0.185. The number of urea groups is 1. The van der Waals surface area contributed by atoms with Crippen LogP contribution >= 0.6 is 0 Å². The molecule has 0 unspecified atom stereocenters. The zero-order chi connectivity index (χ0) is 12.3. The number of primary amides is 1. The molecule has 0 radical (unpaired) electrons. The van der Waals surface area contributed by atoms with Gasteiger partial charge in [0, 0.05) is 36.9 Å². The van der Waals surface area contributed by atoms with Gasteiger partial charge in [-0.25, -0.2) is 4.79 Å². The van der Waals surface area contributed by atoms with Gasteiger partial charge < -0.3 is 16.0 Å². The number of hydrogen-bond acceptors (Lipinski definition) is 3. The van der Waals surface area contributed by atoms with Gasteiger partial charge in [0.25, 0.3) is 0 Å². The van der Waals surface area contributed by atoms with Crippen molar-refractivity contribution in [3.63, 3.8) is 0 Å². The molecule has 0 saturated carbocycles. The summed E-state index contributed by atoms with van der Waals surface area (Å²) >= 11 is 0. The van der Waals surface area contributed by atoms with E-state index in [-0.39, 0.29) is 6.03 Å². The van der Waals surface area contributed by atoms with E-state index in [1.807, 2.05) is 13.1 Å². The van der Waals surface area contributed by atoms with E-state index in [2.05, 4.69) is 15.5 Å². The van der Waals surface area contributed by atoms with Crippen molar-refractivity contribution in [2.75, 3.05) is 13.1 Å². The Morgan fingerprint density at radius 2 is 2.35 bits per heavy atom. The number of H-pyrrole nitrogens is 1. The molecule has 1 fully saturated rings. The van der Waals surface area contributed by atoms with E-state index in [9.17, 15) is 4.79 Å². The second kappa shape index (κ2) is 5.18. The highest BCUT2D eigenvalue weighted by molar-refractivity contribution is 5.72. The van der Waals surface area contributed by atoms with Gasteiger partial charge in [-0.2, -0.15) is 5.10 Å². The number of nitrogens with zero attached hydrogens (tertiary/aromatic N) is 2. The third kappa shape index (κ3) is 2.97. The van der Waals surface area contributed by atoms with E-state index in [0.717, 1.165) is 38.2 Å². The maximum absolute atomic E-state index is 11.0. The molecule has 6 heteroatoms. The molecule has 4 N–H and O–H groups in total. The zero-order valence-electron chi connectivity index (χ0n) is 10.1. The molecule has 94 valence electrons. The van der Waals surface area contributed by atoms with Crippen LogP contribution in [0.4, 0.5) is 4.79 Å². The lowest BCUT2D eigenvalue weighted by atomic mass is 10.1. The molecule has 2 amide bonds. The molecule has 1 aliphatic rings. The number of carbonyl (C=O) groups excluding carboxylic acids is 1. The van der Waals surface area contributed by atoms with Crippen LogP contribution in [0.1, 0.15) is 24.1 Å². The molecular weight excluding hydrogens is 218 g/mol. The van der Waals surface area contributed by atoms with Crippen molar-refractivity contribution < 1.29 is 4.79 Å². The number of aromatic amines is 1. The summed E-state index contributed by atoms with van der Waals surface area (Å²) in [6, 6.07) is 0.147. The molecule has 1 aliphatic heterocycles. The Bertz CT molecular complexity index is 381. The maximum Gasteiger partial charge on any atom is 0.314 e. The maximum atomic E-state index is 11.0. The van der Waals surface area contributed by atoms with E-state index in [1.54, 1.807) is 4.90 Å². The Morgan fingerprint density at radius 1 is 1.65 bits per heavy atom. The number of amides is 2. The Morgan fingerprint density at radius 3 is 2.88 bits per heavy atom. The average Bonchev–Trinajstić information content (AvgIpc) is 2.73. The second-order valence-corrected chi connectivity index (χ2v) is 4.50. The number of hydrogen-bond donors (Lipinski definition) is 3. The number of piperidine rings is 1. The molecule has 0 aliphatic carbocycles. The summed E-state index contributed by atoms with van der Waals surface area (Å²) in [5, 5.41) is 10.4. The normalized spacial score (nSPS) is 17.4. The van der Waals surface area contributed by atoms with Crippen LogP contribution in [0.25, 0.3) is 0 Å². The number of aryl methyl sites for hydroxylation is 1. The average molecular weight is 237 g/mol. The summed E-state index contributed by atoms with van der Waals surface area (Å²) in [6.07, 6.45) is 3.76. The summed E-state index contributed by atoms with van der Waals surface area (Å²) in [5.41, 5.74) is 7.54. The first kappa shape index (κ1) is 11.9. The fourth-order valence-corrected chi connectivity index (χ4v) is 2.11. The van der Waals surface area contributed by atoms with Crippen LogP contribution in [-0.4, -0.2) is 40.3 Å². The Balaban J connectivity index is 1.75. The van der Waals surface area contributed by atoms with Crippen LogP contribution in [-0.2, 0) is 6.54 Å². The monoisotopic (exact) mass is 237 g/mol. The first-order valence-electron chi connectivity index (χ1n) is 5.93. The van der Waals surface area contributed by atoms with Crippen molar-refractivity contribution >= 4 is 6.03 Å². The summed E-state index contributed by atoms with van der Waals surface area (Å²) in [5.74, 6) is 0. The molecule has 0 aromatic carbocycles. The van der Waals surface area contributed by atoms with Gasteiger partial charge in [-0.3, -0.25) is 5.10 Å². The third-order valence-electron chi connectivity index (χ3n) is 3.32. The standard InChI is InChI=1S/C11H19N5O/c1-8-9(7-14-15-8)6-13-10-2-4-16(5-3-10)11(12)17/h7,10,13H,2-6H2,1H3,(H2,12,17)(H,14,15). The lowest BCUT2D eigenvalue weighted by Crippen LogP contribution is -2.46. The van der Waals surface area contributed by atoms with Crippen LogP contribution in [0.15, 0.2) is 6.20 Å². The van der Waals surface area contributed by atoms with E-state index < -0.39 is 0 Å². The van der Waals surface area contributed by atoms with E-state index >= 15 is 0 Å². The van der Waals surface area contributed by atoms with Crippen LogP contribution < -0.4 is 11.1 Å². The van der Waals surface area contributed by atoms with Crippen LogP contribution in [0.5, 0.6) is 0 Å². The minimum absolute atomic E-state index is 0.311. The highest BCUT2D eigenvalue weighted by atomic mass is 16.2. The van der Waals surface area contributed by atoms with Gasteiger partial charge >= 0.3 is 6.03 Å². The van der Waals surface area contributed by atoms with Crippen LogP contribution in [0, 0.1) is 6.92 Å². The van der Waals surface area contributed by atoms with Crippen molar-refractivity contribution in [3.05, 3.63) is 17.5 Å². The van der Waals surface area contributed by atoms with Gasteiger partial charge in [-0.1, -0.05) is 0 Å². The Kier molecular flexibility index (Phi) is 3.63. The molecule has 6 nitrogen and oxygen atoms in total. The predicted molar refractivity (Wildman–Crippen MR) is 64.3 cm³/mol. The van der Waals surface area contributed by atoms with E-state index in [1.165, 1.54) is 5.56 Å². The lowest BCUT2D eigenvalue weighted by Gasteiger charge is -2.31. The predicted octanol–water partition coefficient (Wildman–Crippen LogP) is 0.351. The minimum atomic E-state index is -0.311. The zero-order valence-corrected chi connectivity index (χ0v) is 10.1. The molecule has 1 saturated heterocycles. The summed E-state index contributed by atoms with van der Waals surface area (Å²) in [6.45, 7) is 4.33. The number of carbonyl (C=O) groups is 1. The topological polar surface area (TPSA) is 87.0 Å². The van der Waals surface area contributed by atoms with Gasteiger partial charge in [-0.05, 0) is 19.8 Å². The van der Waals surface area contributed by atoms with Gasteiger partial charge in [-0.15, -0.1) is 0 Å². The number of rotatable bonds is 3. The number of likely N-dealkylation sites (tertiary alicyclic amines) is 1.